The summed E-state index contributed by atoms with van der Waals surface area (Å²) in [6.45, 7) is 1.49. The largest absolute Gasteiger partial charge is 0.478 e. The topological polar surface area (TPSA) is 42.2 Å². The second kappa shape index (κ2) is 5.48. The lowest BCUT2D eigenvalue weighted by molar-refractivity contribution is -0.132. The number of carboxylic acids is 1. The SMILES string of the molecule is C/C(=C\c1cn(-c2ccccc2)c2cccc(F)c12)C(=O)O. The Hall–Kier alpha value is -2.88. The first-order chi connectivity index (χ1) is 10.6. The van der Waals surface area contributed by atoms with E-state index in [0.717, 1.165) is 5.69 Å². The fourth-order valence-corrected chi connectivity index (χ4v) is 2.48. The minimum absolute atomic E-state index is 0.162. The van der Waals surface area contributed by atoms with Crippen molar-refractivity contribution in [3.8, 4) is 5.69 Å². The number of aromatic nitrogens is 1. The van der Waals surface area contributed by atoms with Gasteiger partial charge in [-0.15, -0.1) is 0 Å². The Morgan fingerprint density at radius 1 is 1.14 bits per heavy atom. The summed E-state index contributed by atoms with van der Waals surface area (Å²) < 4.78 is 16.1. The van der Waals surface area contributed by atoms with Crippen molar-refractivity contribution in [2.75, 3.05) is 0 Å². The predicted molar refractivity (Wildman–Crippen MR) is 84.5 cm³/mol. The van der Waals surface area contributed by atoms with Crippen LogP contribution >= 0.6 is 0 Å². The summed E-state index contributed by atoms with van der Waals surface area (Å²) in [6, 6.07) is 14.4. The molecule has 0 fully saturated rings. The molecule has 4 heteroatoms. The molecule has 1 heterocycles. The van der Waals surface area contributed by atoms with E-state index < -0.39 is 5.97 Å². The average Bonchev–Trinajstić information content (AvgIpc) is 2.88. The molecular weight excluding hydrogens is 281 g/mol. The van der Waals surface area contributed by atoms with Crippen molar-refractivity contribution in [2.45, 2.75) is 6.92 Å². The second-order valence-corrected chi connectivity index (χ2v) is 5.06. The Morgan fingerprint density at radius 3 is 2.55 bits per heavy atom. The third-order valence-corrected chi connectivity index (χ3v) is 3.55. The van der Waals surface area contributed by atoms with Gasteiger partial charge in [0.25, 0.3) is 0 Å². The number of fused-ring (bicyclic) bond motifs is 1. The van der Waals surface area contributed by atoms with Crippen LogP contribution in [0.1, 0.15) is 12.5 Å². The molecular formula is C18H14FNO2. The molecule has 0 unspecified atom stereocenters. The first kappa shape index (κ1) is 14.1. The third kappa shape index (κ3) is 2.39. The van der Waals surface area contributed by atoms with Crippen molar-refractivity contribution in [1.82, 2.24) is 4.57 Å². The van der Waals surface area contributed by atoms with Crippen molar-refractivity contribution in [3.05, 3.63) is 71.7 Å². The highest BCUT2D eigenvalue weighted by Gasteiger charge is 2.13. The normalized spacial score (nSPS) is 11.8. The van der Waals surface area contributed by atoms with Gasteiger partial charge in [-0.25, -0.2) is 9.18 Å². The van der Waals surface area contributed by atoms with Gasteiger partial charge >= 0.3 is 5.97 Å². The standard InChI is InChI=1S/C18H14FNO2/c1-12(18(21)22)10-13-11-20(14-6-3-2-4-7-14)16-9-5-8-15(19)17(13)16/h2-11H,1H3,(H,21,22)/b12-10+. The van der Waals surface area contributed by atoms with E-state index >= 15 is 0 Å². The number of aliphatic carboxylic acids is 1. The number of hydrogen-bond acceptors (Lipinski definition) is 1. The summed E-state index contributed by atoms with van der Waals surface area (Å²) in [5.74, 6) is -1.38. The molecule has 0 saturated heterocycles. The Labute approximate surface area is 126 Å². The summed E-state index contributed by atoms with van der Waals surface area (Å²) in [5.41, 5.74) is 2.31. The van der Waals surface area contributed by atoms with E-state index in [9.17, 15) is 9.18 Å². The summed E-state index contributed by atoms with van der Waals surface area (Å²) in [6.07, 6.45) is 3.25. The number of carboxylic acid groups (broad SMARTS) is 1. The van der Waals surface area contributed by atoms with E-state index in [2.05, 4.69) is 0 Å². The highest BCUT2D eigenvalue weighted by molar-refractivity contribution is 5.97. The molecule has 110 valence electrons. The minimum atomic E-state index is -1.02. The molecule has 0 bridgehead atoms. The molecule has 3 rings (SSSR count). The Kier molecular flexibility index (Phi) is 3.51. The highest BCUT2D eigenvalue weighted by Crippen LogP contribution is 2.28. The van der Waals surface area contributed by atoms with Crippen molar-refractivity contribution in [2.24, 2.45) is 0 Å². The van der Waals surface area contributed by atoms with Crippen LogP contribution in [0.5, 0.6) is 0 Å². The number of nitrogens with zero attached hydrogens (tertiary/aromatic N) is 1. The molecule has 0 amide bonds. The van der Waals surface area contributed by atoms with E-state index in [-0.39, 0.29) is 11.4 Å². The maximum absolute atomic E-state index is 14.2. The van der Waals surface area contributed by atoms with Crippen LogP contribution in [0.2, 0.25) is 0 Å². The monoisotopic (exact) mass is 295 g/mol. The van der Waals surface area contributed by atoms with Crippen molar-refractivity contribution >= 4 is 22.9 Å². The first-order valence-corrected chi connectivity index (χ1v) is 6.84. The molecule has 1 N–H and O–H groups in total. The number of benzene rings is 2. The van der Waals surface area contributed by atoms with E-state index in [1.54, 1.807) is 12.3 Å². The smallest absolute Gasteiger partial charge is 0.331 e. The summed E-state index contributed by atoms with van der Waals surface area (Å²) in [7, 11) is 0. The third-order valence-electron chi connectivity index (χ3n) is 3.55. The van der Waals surface area contributed by atoms with Crippen LogP contribution < -0.4 is 0 Å². The van der Waals surface area contributed by atoms with Crippen LogP contribution in [-0.2, 0) is 4.79 Å². The van der Waals surface area contributed by atoms with Gasteiger partial charge in [-0.05, 0) is 37.3 Å². The predicted octanol–water partition coefficient (Wildman–Crippen LogP) is 4.26. The molecule has 2 aromatic carbocycles. The van der Waals surface area contributed by atoms with Gasteiger partial charge in [-0.3, -0.25) is 0 Å². The van der Waals surface area contributed by atoms with Gasteiger partial charge in [0.05, 0.1) is 5.52 Å². The van der Waals surface area contributed by atoms with Crippen molar-refractivity contribution in [3.63, 3.8) is 0 Å². The van der Waals surface area contributed by atoms with Gasteiger partial charge in [0.2, 0.25) is 0 Å². The lowest BCUT2D eigenvalue weighted by atomic mass is 10.1. The zero-order chi connectivity index (χ0) is 15.7. The summed E-state index contributed by atoms with van der Waals surface area (Å²) in [5, 5.41) is 9.46. The second-order valence-electron chi connectivity index (χ2n) is 5.06. The molecule has 0 radical (unpaired) electrons. The lowest BCUT2D eigenvalue weighted by Crippen LogP contribution is -1.95. The average molecular weight is 295 g/mol. The van der Waals surface area contributed by atoms with E-state index in [1.165, 1.54) is 19.1 Å². The maximum atomic E-state index is 14.2. The molecule has 0 atom stereocenters. The molecule has 0 spiro atoms. The van der Waals surface area contributed by atoms with E-state index in [0.29, 0.717) is 16.5 Å². The minimum Gasteiger partial charge on any atom is -0.478 e. The van der Waals surface area contributed by atoms with Crippen LogP contribution in [0.4, 0.5) is 4.39 Å². The van der Waals surface area contributed by atoms with Gasteiger partial charge < -0.3 is 9.67 Å². The van der Waals surface area contributed by atoms with Crippen molar-refractivity contribution in [1.29, 1.82) is 0 Å². The lowest BCUT2D eigenvalue weighted by Gasteiger charge is -2.04. The van der Waals surface area contributed by atoms with Crippen LogP contribution in [0.25, 0.3) is 22.7 Å². The van der Waals surface area contributed by atoms with Crippen LogP contribution in [0.3, 0.4) is 0 Å². The fraction of sp³-hybridized carbons (Fsp3) is 0.0556. The highest BCUT2D eigenvalue weighted by atomic mass is 19.1. The van der Waals surface area contributed by atoms with Gasteiger partial charge in [0.15, 0.2) is 0 Å². The summed E-state index contributed by atoms with van der Waals surface area (Å²) >= 11 is 0. The molecule has 3 nitrogen and oxygen atoms in total. The van der Waals surface area contributed by atoms with Crippen LogP contribution in [0, 0.1) is 5.82 Å². The molecule has 0 aliphatic carbocycles. The number of carbonyl (C=O) groups is 1. The zero-order valence-electron chi connectivity index (χ0n) is 12.0. The Morgan fingerprint density at radius 2 is 1.86 bits per heavy atom. The number of rotatable bonds is 3. The molecule has 0 saturated carbocycles. The quantitative estimate of drug-likeness (QED) is 0.734. The maximum Gasteiger partial charge on any atom is 0.331 e. The van der Waals surface area contributed by atoms with Gasteiger partial charge in [-0.2, -0.15) is 0 Å². The van der Waals surface area contributed by atoms with Crippen LogP contribution in [0.15, 0.2) is 60.3 Å². The van der Waals surface area contributed by atoms with Crippen LogP contribution in [-0.4, -0.2) is 15.6 Å². The molecule has 3 aromatic rings. The zero-order valence-corrected chi connectivity index (χ0v) is 12.0. The molecule has 22 heavy (non-hydrogen) atoms. The van der Waals surface area contributed by atoms with E-state index in [1.807, 2.05) is 41.0 Å². The first-order valence-electron chi connectivity index (χ1n) is 6.84. The van der Waals surface area contributed by atoms with Crippen molar-refractivity contribution < 1.29 is 14.3 Å². The van der Waals surface area contributed by atoms with Gasteiger partial charge in [-0.1, -0.05) is 24.3 Å². The molecule has 0 aliphatic heterocycles. The summed E-state index contributed by atoms with van der Waals surface area (Å²) in [4.78, 5) is 11.0. The van der Waals surface area contributed by atoms with Gasteiger partial charge in [0.1, 0.15) is 5.82 Å². The Balaban J connectivity index is 2.31. The molecule has 0 aliphatic rings. The fourth-order valence-electron chi connectivity index (χ4n) is 2.48. The number of halogens is 1. The van der Waals surface area contributed by atoms with Gasteiger partial charge in [0, 0.05) is 28.4 Å². The number of hydrogen-bond donors (Lipinski definition) is 1. The van der Waals surface area contributed by atoms with E-state index in [4.69, 9.17) is 5.11 Å². The number of para-hydroxylation sites is 1. The Bertz CT molecular complexity index is 879. The molecule has 1 aromatic heterocycles.